The molecule has 2 atom stereocenters. The van der Waals surface area contributed by atoms with E-state index in [1.165, 1.54) is 0 Å². The van der Waals surface area contributed by atoms with Crippen molar-refractivity contribution in [3.63, 3.8) is 0 Å². The molecular weight excluding hydrogens is 228 g/mol. The molecule has 1 aliphatic heterocycles. The summed E-state index contributed by atoms with van der Waals surface area (Å²) in [5.74, 6) is 0.0647. The van der Waals surface area contributed by atoms with Gasteiger partial charge in [0.1, 0.15) is 0 Å². The molecule has 0 aromatic heterocycles. The number of rotatable bonds is 5. The lowest BCUT2D eigenvalue weighted by molar-refractivity contribution is -0.0554. The van der Waals surface area contributed by atoms with Crippen molar-refractivity contribution in [3.05, 3.63) is 0 Å². The van der Waals surface area contributed by atoms with Gasteiger partial charge >= 0.3 is 0 Å². The zero-order valence-electron chi connectivity index (χ0n) is 10.1. The largest absolute Gasteiger partial charge is 0.376 e. The number of primary sulfonamides is 1. The summed E-state index contributed by atoms with van der Waals surface area (Å²) in [4.78, 5) is 2.30. The number of sulfonamides is 1. The van der Waals surface area contributed by atoms with Crippen molar-refractivity contribution in [2.75, 3.05) is 25.4 Å². The molecule has 1 rings (SSSR count). The van der Waals surface area contributed by atoms with Gasteiger partial charge in [0.15, 0.2) is 0 Å². The summed E-state index contributed by atoms with van der Waals surface area (Å²) in [5, 5.41) is 4.97. The van der Waals surface area contributed by atoms with Crippen molar-refractivity contribution >= 4 is 10.0 Å². The van der Waals surface area contributed by atoms with E-state index in [0.717, 1.165) is 26.1 Å². The monoisotopic (exact) mass is 250 g/mol. The van der Waals surface area contributed by atoms with Gasteiger partial charge in [-0.1, -0.05) is 6.92 Å². The Morgan fingerprint density at radius 3 is 2.75 bits per heavy atom. The highest BCUT2D eigenvalue weighted by molar-refractivity contribution is 7.89. The second-order valence-corrected chi connectivity index (χ2v) is 6.16. The molecule has 5 nitrogen and oxygen atoms in total. The van der Waals surface area contributed by atoms with Gasteiger partial charge in [0, 0.05) is 12.6 Å². The average Bonchev–Trinajstić information content (AvgIpc) is 2.16. The summed E-state index contributed by atoms with van der Waals surface area (Å²) in [6.07, 6.45) is 1.86. The van der Waals surface area contributed by atoms with Crippen LogP contribution in [-0.4, -0.2) is 50.9 Å². The van der Waals surface area contributed by atoms with E-state index in [2.05, 4.69) is 11.8 Å². The molecule has 2 N–H and O–H groups in total. The van der Waals surface area contributed by atoms with Crippen LogP contribution in [0, 0.1) is 0 Å². The second kappa shape index (κ2) is 5.95. The highest BCUT2D eigenvalue weighted by Gasteiger charge is 2.25. The van der Waals surface area contributed by atoms with Crippen LogP contribution < -0.4 is 5.14 Å². The average molecular weight is 250 g/mol. The normalized spacial score (nSPS) is 28.2. The quantitative estimate of drug-likeness (QED) is 0.754. The molecule has 1 saturated heterocycles. The standard InChI is InChI=1S/C10H22N2O3S/c1-3-10-8-15-9(2)7-12(10)5-4-6-16(11,13)14/h9-10H,3-8H2,1-2H3,(H2,11,13,14). The van der Waals surface area contributed by atoms with Crippen molar-refractivity contribution in [1.82, 2.24) is 4.90 Å². The Bertz CT molecular complexity index is 305. The topological polar surface area (TPSA) is 72.6 Å². The van der Waals surface area contributed by atoms with Crippen molar-refractivity contribution in [2.45, 2.75) is 38.8 Å². The molecule has 16 heavy (non-hydrogen) atoms. The molecule has 6 heteroatoms. The Labute approximate surface area is 98.0 Å². The minimum absolute atomic E-state index is 0.0647. The second-order valence-electron chi connectivity index (χ2n) is 4.42. The lowest BCUT2D eigenvalue weighted by Gasteiger charge is -2.38. The van der Waals surface area contributed by atoms with Crippen molar-refractivity contribution < 1.29 is 13.2 Å². The summed E-state index contributed by atoms with van der Waals surface area (Å²) in [7, 11) is -3.32. The van der Waals surface area contributed by atoms with Gasteiger partial charge in [-0.15, -0.1) is 0 Å². The Morgan fingerprint density at radius 2 is 2.19 bits per heavy atom. The summed E-state index contributed by atoms with van der Waals surface area (Å²) in [6, 6.07) is 0.414. The van der Waals surface area contributed by atoms with Gasteiger partial charge in [-0.25, -0.2) is 13.6 Å². The first kappa shape index (κ1) is 13.9. The van der Waals surface area contributed by atoms with Crippen molar-refractivity contribution in [1.29, 1.82) is 0 Å². The molecule has 0 amide bonds. The van der Waals surface area contributed by atoms with E-state index in [4.69, 9.17) is 9.88 Å². The van der Waals surface area contributed by atoms with Crippen LogP contribution >= 0.6 is 0 Å². The van der Waals surface area contributed by atoms with E-state index in [1.54, 1.807) is 0 Å². The zero-order valence-corrected chi connectivity index (χ0v) is 10.9. The number of ether oxygens (including phenoxy) is 1. The van der Waals surface area contributed by atoms with Crippen LogP contribution in [0.2, 0.25) is 0 Å². The fourth-order valence-corrected chi connectivity index (χ4v) is 2.56. The molecule has 0 aromatic carbocycles. The number of nitrogens with two attached hydrogens (primary N) is 1. The van der Waals surface area contributed by atoms with E-state index in [9.17, 15) is 8.42 Å². The molecule has 1 heterocycles. The van der Waals surface area contributed by atoms with Crippen LogP contribution in [0.4, 0.5) is 0 Å². The van der Waals surface area contributed by atoms with Gasteiger partial charge in [0.25, 0.3) is 0 Å². The summed E-state index contributed by atoms with van der Waals surface area (Å²) in [5.41, 5.74) is 0. The Morgan fingerprint density at radius 1 is 1.50 bits per heavy atom. The van der Waals surface area contributed by atoms with E-state index in [-0.39, 0.29) is 11.9 Å². The molecule has 96 valence electrons. The lowest BCUT2D eigenvalue weighted by Crippen LogP contribution is -2.49. The first-order valence-corrected chi connectivity index (χ1v) is 7.50. The maximum Gasteiger partial charge on any atom is 0.209 e. The Hall–Kier alpha value is -0.170. The smallest absolute Gasteiger partial charge is 0.209 e. The molecule has 0 spiro atoms. The minimum Gasteiger partial charge on any atom is -0.376 e. The molecule has 1 aliphatic rings. The third kappa shape index (κ3) is 4.78. The highest BCUT2D eigenvalue weighted by Crippen LogP contribution is 2.14. The molecule has 0 saturated carbocycles. The summed E-state index contributed by atoms with van der Waals surface area (Å²) >= 11 is 0. The molecule has 2 unspecified atom stereocenters. The zero-order chi connectivity index (χ0) is 12.2. The van der Waals surface area contributed by atoms with Crippen LogP contribution in [0.15, 0.2) is 0 Å². The third-order valence-electron chi connectivity index (χ3n) is 2.93. The van der Waals surface area contributed by atoms with Crippen molar-refractivity contribution in [2.24, 2.45) is 5.14 Å². The van der Waals surface area contributed by atoms with Gasteiger partial charge in [0.05, 0.1) is 18.5 Å². The van der Waals surface area contributed by atoms with E-state index in [1.807, 2.05) is 6.92 Å². The third-order valence-corrected chi connectivity index (χ3v) is 3.78. The highest BCUT2D eigenvalue weighted by atomic mass is 32.2. The van der Waals surface area contributed by atoms with E-state index in [0.29, 0.717) is 12.5 Å². The first-order valence-electron chi connectivity index (χ1n) is 5.78. The SMILES string of the molecule is CCC1COC(C)CN1CCCS(N)(=O)=O. The number of morpholine rings is 1. The van der Waals surface area contributed by atoms with Crippen molar-refractivity contribution in [3.8, 4) is 0 Å². The van der Waals surface area contributed by atoms with Crippen LogP contribution in [0.25, 0.3) is 0 Å². The molecule has 0 bridgehead atoms. The number of hydrogen-bond acceptors (Lipinski definition) is 4. The number of hydrogen-bond donors (Lipinski definition) is 1. The molecular formula is C10H22N2O3S. The first-order chi connectivity index (χ1) is 7.42. The fraction of sp³-hybridized carbons (Fsp3) is 1.00. The number of nitrogens with zero attached hydrogens (tertiary/aromatic N) is 1. The summed E-state index contributed by atoms with van der Waals surface area (Å²) < 4.78 is 27.2. The Balaban J connectivity index is 2.37. The van der Waals surface area contributed by atoms with Crippen LogP contribution in [0.3, 0.4) is 0 Å². The van der Waals surface area contributed by atoms with E-state index >= 15 is 0 Å². The Kier molecular flexibility index (Phi) is 5.17. The molecule has 0 aromatic rings. The van der Waals surface area contributed by atoms with Crippen LogP contribution in [0.1, 0.15) is 26.7 Å². The molecule has 1 fully saturated rings. The lowest BCUT2D eigenvalue weighted by atomic mass is 10.1. The van der Waals surface area contributed by atoms with Crippen LogP contribution in [-0.2, 0) is 14.8 Å². The van der Waals surface area contributed by atoms with Gasteiger partial charge in [-0.3, -0.25) is 4.90 Å². The predicted molar refractivity (Wildman–Crippen MR) is 63.7 cm³/mol. The van der Waals surface area contributed by atoms with Gasteiger partial charge in [-0.05, 0) is 26.3 Å². The van der Waals surface area contributed by atoms with Crippen LogP contribution in [0.5, 0.6) is 0 Å². The van der Waals surface area contributed by atoms with Gasteiger partial charge in [0.2, 0.25) is 10.0 Å². The van der Waals surface area contributed by atoms with Gasteiger partial charge in [-0.2, -0.15) is 0 Å². The predicted octanol–water partition coefficient (Wildman–Crippen LogP) is 0.164. The maximum absolute atomic E-state index is 10.8. The summed E-state index contributed by atoms with van der Waals surface area (Å²) in [6.45, 7) is 6.56. The fourth-order valence-electron chi connectivity index (χ4n) is 2.03. The molecule has 0 aliphatic carbocycles. The minimum atomic E-state index is -3.32. The van der Waals surface area contributed by atoms with E-state index < -0.39 is 10.0 Å². The van der Waals surface area contributed by atoms with Gasteiger partial charge < -0.3 is 4.74 Å². The molecule has 0 radical (unpaired) electrons. The maximum atomic E-state index is 10.8.